The first-order valence-electron chi connectivity index (χ1n) is 6.00. The number of hydrogen-bond acceptors (Lipinski definition) is 3. The van der Waals surface area contributed by atoms with Crippen molar-refractivity contribution in [3.05, 3.63) is 28.8 Å². The van der Waals surface area contributed by atoms with E-state index in [0.717, 1.165) is 6.42 Å². The maximum absolute atomic E-state index is 12.4. The minimum absolute atomic E-state index is 0.0118. The standard InChI is InChI=1S/C13H16ClNO3/c1-2-10-8-18-6-5-15(10)13(17)9-3-4-12(16)11(14)7-9/h3-4,7,10,16H,2,5-6,8H2,1H3. The molecule has 4 nitrogen and oxygen atoms in total. The number of amides is 1. The molecule has 2 rings (SSSR count). The van der Waals surface area contributed by atoms with Crippen molar-refractivity contribution in [3.63, 3.8) is 0 Å². The average Bonchev–Trinajstić information content (AvgIpc) is 2.41. The summed E-state index contributed by atoms with van der Waals surface area (Å²) in [5.74, 6) is -0.0747. The van der Waals surface area contributed by atoms with Gasteiger partial charge in [0.2, 0.25) is 0 Å². The van der Waals surface area contributed by atoms with Crippen LogP contribution in [0.25, 0.3) is 0 Å². The summed E-state index contributed by atoms with van der Waals surface area (Å²) < 4.78 is 5.37. The maximum Gasteiger partial charge on any atom is 0.254 e. The zero-order valence-electron chi connectivity index (χ0n) is 10.2. The van der Waals surface area contributed by atoms with E-state index in [-0.39, 0.29) is 22.7 Å². The third-order valence-electron chi connectivity index (χ3n) is 3.15. The summed E-state index contributed by atoms with van der Waals surface area (Å²) in [5, 5.41) is 9.55. The van der Waals surface area contributed by atoms with Crippen LogP contribution in [-0.4, -0.2) is 41.7 Å². The van der Waals surface area contributed by atoms with Crippen molar-refractivity contribution in [1.29, 1.82) is 0 Å². The highest BCUT2D eigenvalue weighted by Crippen LogP contribution is 2.25. The Labute approximate surface area is 111 Å². The van der Waals surface area contributed by atoms with Gasteiger partial charge in [-0.15, -0.1) is 0 Å². The molecule has 1 aliphatic rings. The van der Waals surface area contributed by atoms with Crippen molar-refractivity contribution in [2.45, 2.75) is 19.4 Å². The van der Waals surface area contributed by atoms with Crippen LogP contribution in [0, 0.1) is 0 Å². The van der Waals surface area contributed by atoms with E-state index >= 15 is 0 Å². The minimum Gasteiger partial charge on any atom is -0.506 e. The molecule has 1 fully saturated rings. The van der Waals surface area contributed by atoms with Gasteiger partial charge in [0.1, 0.15) is 5.75 Å². The highest BCUT2D eigenvalue weighted by atomic mass is 35.5. The molecule has 1 aliphatic heterocycles. The van der Waals surface area contributed by atoms with E-state index in [0.29, 0.717) is 25.3 Å². The van der Waals surface area contributed by atoms with E-state index in [4.69, 9.17) is 16.3 Å². The SMILES string of the molecule is CCC1COCCN1C(=O)c1ccc(O)c(Cl)c1. The highest BCUT2D eigenvalue weighted by molar-refractivity contribution is 6.32. The van der Waals surface area contributed by atoms with Gasteiger partial charge in [-0.3, -0.25) is 4.79 Å². The Bertz CT molecular complexity index is 450. The fraction of sp³-hybridized carbons (Fsp3) is 0.462. The highest BCUT2D eigenvalue weighted by Gasteiger charge is 2.26. The minimum atomic E-state index is -0.0629. The monoisotopic (exact) mass is 269 g/mol. The molecule has 0 spiro atoms. The topological polar surface area (TPSA) is 49.8 Å². The second-order valence-corrected chi connectivity index (χ2v) is 4.71. The number of phenolic OH excluding ortho intramolecular Hbond substituents is 1. The van der Waals surface area contributed by atoms with Gasteiger partial charge in [0.25, 0.3) is 5.91 Å². The first-order chi connectivity index (χ1) is 8.63. The Balaban J connectivity index is 2.21. The van der Waals surface area contributed by atoms with Gasteiger partial charge in [-0.05, 0) is 24.6 Å². The van der Waals surface area contributed by atoms with Crippen LogP contribution in [0.4, 0.5) is 0 Å². The van der Waals surface area contributed by atoms with Crippen LogP contribution in [-0.2, 0) is 4.74 Å². The molecule has 98 valence electrons. The average molecular weight is 270 g/mol. The number of benzene rings is 1. The Kier molecular flexibility index (Phi) is 4.09. The van der Waals surface area contributed by atoms with Crippen molar-refractivity contribution in [1.82, 2.24) is 4.90 Å². The molecule has 1 aromatic rings. The van der Waals surface area contributed by atoms with Crippen LogP contribution in [0.1, 0.15) is 23.7 Å². The Morgan fingerprint density at radius 1 is 1.61 bits per heavy atom. The van der Waals surface area contributed by atoms with Gasteiger partial charge >= 0.3 is 0 Å². The molecular weight excluding hydrogens is 254 g/mol. The summed E-state index contributed by atoms with van der Waals surface area (Å²) in [5.41, 5.74) is 0.498. The van der Waals surface area contributed by atoms with Gasteiger partial charge in [-0.1, -0.05) is 18.5 Å². The molecular formula is C13H16ClNO3. The number of rotatable bonds is 2. The molecule has 0 aromatic heterocycles. The third kappa shape index (κ3) is 2.60. The van der Waals surface area contributed by atoms with Crippen LogP contribution in [0.15, 0.2) is 18.2 Å². The molecule has 1 heterocycles. The number of ether oxygens (including phenoxy) is 1. The van der Waals surface area contributed by atoms with Crippen molar-refractivity contribution in [2.75, 3.05) is 19.8 Å². The normalized spacial score (nSPS) is 19.9. The van der Waals surface area contributed by atoms with E-state index in [1.54, 1.807) is 6.07 Å². The molecule has 0 aliphatic carbocycles. The van der Waals surface area contributed by atoms with Crippen molar-refractivity contribution >= 4 is 17.5 Å². The lowest BCUT2D eigenvalue weighted by atomic mass is 10.1. The molecule has 1 aromatic carbocycles. The molecule has 1 amide bonds. The number of aromatic hydroxyl groups is 1. The van der Waals surface area contributed by atoms with E-state index in [9.17, 15) is 9.90 Å². The third-order valence-corrected chi connectivity index (χ3v) is 3.46. The maximum atomic E-state index is 12.4. The van der Waals surface area contributed by atoms with Gasteiger partial charge in [0.05, 0.1) is 24.3 Å². The number of halogens is 1. The fourth-order valence-corrected chi connectivity index (χ4v) is 2.25. The van der Waals surface area contributed by atoms with Gasteiger partial charge in [0.15, 0.2) is 0 Å². The molecule has 5 heteroatoms. The van der Waals surface area contributed by atoms with E-state index in [1.165, 1.54) is 12.1 Å². The first kappa shape index (κ1) is 13.2. The lowest BCUT2D eigenvalue weighted by Gasteiger charge is -2.35. The summed E-state index contributed by atoms with van der Waals surface area (Å²) in [7, 11) is 0. The van der Waals surface area contributed by atoms with Crippen molar-refractivity contribution in [3.8, 4) is 5.75 Å². The predicted molar refractivity (Wildman–Crippen MR) is 69.1 cm³/mol. The van der Waals surface area contributed by atoms with Gasteiger partial charge in [-0.25, -0.2) is 0 Å². The van der Waals surface area contributed by atoms with Crippen LogP contribution in [0.2, 0.25) is 5.02 Å². The lowest BCUT2D eigenvalue weighted by molar-refractivity contribution is -0.00279. The van der Waals surface area contributed by atoms with Gasteiger partial charge in [-0.2, -0.15) is 0 Å². The molecule has 18 heavy (non-hydrogen) atoms. The predicted octanol–water partition coefficient (Wildman–Crippen LogP) is 2.30. The van der Waals surface area contributed by atoms with E-state index in [1.807, 2.05) is 11.8 Å². The summed E-state index contributed by atoms with van der Waals surface area (Å²) in [6, 6.07) is 4.64. The second kappa shape index (κ2) is 5.59. The molecule has 1 unspecified atom stereocenters. The molecule has 1 saturated heterocycles. The quantitative estimate of drug-likeness (QED) is 0.896. The number of nitrogens with zero attached hydrogens (tertiary/aromatic N) is 1. The number of carbonyl (C=O) groups excluding carboxylic acids is 1. The smallest absolute Gasteiger partial charge is 0.254 e. The summed E-state index contributed by atoms with van der Waals surface area (Å²) >= 11 is 5.82. The van der Waals surface area contributed by atoms with Gasteiger partial charge < -0.3 is 14.7 Å². The Morgan fingerprint density at radius 3 is 3.06 bits per heavy atom. The Hall–Kier alpha value is -1.26. The molecule has 0 radical (unpaired) electrons. The fourth-order valence-electron chi connectivity index (χ4n) is 2.07. The second-order valence-electron chi connectivity index (χ2n) is 4.30. The zero-order chi connectivity index (χ0) is 13.1. The molecule has 1 N–H and O–H groups in total. The summed E-state index contributed by atoms with van der Waals surface area (Å²) in [6.07, 6.45) is 0.859. The first-order valence-corrected chi connectivity index (χ1v) is 6.38. The van der Waals surface area contributed by atoms with Crippen molar-refractivity contribution < 1.29 is 14.6 Å². The molecule has 0 saturated carbocycles. The zero-order valence-corrected chi connectivity index (χ0v) is 11.0. The summed E-state index contributed by atoms with van der Waals surface area (Å²) in [6.45, 7) is 3.77. The van der Waals surface area contributed by atoms with Crippen molar-refractivity contribution in [2.24, 2.45) is 0 Å². The number of phenols is 1. The van der Waals surface area contributed by atoms with Crippen LogP contribution in [0.5, 0.6) is 5.75 Å². The van der Waals surface area contributed by atoms with Crippen LogP contribution in [0.3, 0.4) is 0 Å². The van der Waals surface area contributed by atoms with Gasteiger partial charge in [0, 0.05) is 12.1 Å². The number of morpholine rings is 1. The number of hydrogen-bond donors (Lipinski definition) is 1. The summed E-state index contributed by atoms with van der Waals surface area (Å²) in [4.78, 5) is 14.2. The van der Waals surface area contributed by atoms with E-state index in [2.05, 4.69) is 0 Å². The van der Waals surface area contributed by atoms with Crippen LogP contribution < -0.4 is 0 Å². The van der Waals surface area contributed by atoms with Crippen LogP contribution >= 0.6 is 11.6 Å². The molecule has 0 bridgehead atoms. The Morgan fingerprint density at radius 2 is 2.39 bits per heavy atom. The molecule has 1 atom stereocenters. The van der Waals surface area contributed by atoms with E-state index < -0.39 is 0 Å². The number of carbonyl (C=O) groups is 1. The lowest BCUT2D eigenvalue weighted by Crippen LogP contribution is -2.48. The largest absolute Gasteiger partial charge is 0.506 e.